The number of thiophene rings is 3. The molecule has 24 heteroatoms. The predicted molar refractivity (Wildman–Crippen MR) is 372 cm³/mol. The molecule has 15 nitrogen and oxygen atoms in total. The number of pyridine rings is 6. The summed E-state index contributed by atoms with van der Waals surface area (Å²) in [5, 5.41) is 21.3. The van der Waals surface area contributed by atoms with Crippen molar-refractivity contribution in [2.75, 3.05) is 0 Å². The molecule has 13 rings (SSSR count). The Morgan fingerprint density at radius 2 is 0.942 bits per heavy atom. The molecule has 86 heavy (non-hydrogen) atoms. The van der Waals surface area contributed by atoms with E-state index in [2.05, 4.69) is 139 Å². The molecule has 3 aliphatic heterocycles. The van der Waals surface area contributed by atoms with Gasteiger partial charge in [-0.2, -0.15) is 27.9 Å². The van der Waals surface area contributed by atoms with Crippen LogP contribution in [-0.2, 0) is 24.7 Å². The normalized spacial score (nSPS) is 12.2. The maximum atomic E-state index is 14.3. The van der Waals surface area contributed by atoms with Gasteiger partial charge in [0, 0.05) is 46.7 Å². The minimum atomic E-state index is -2.98. The fourth-order valence-electron chi connectivity index (χ4n) is 11.0. The van der Waals surface area contributed by atoms with Gasteiger partial charge in [-0.05, 0) is 75.2 Å². The molecule has 10 aromatic rings. The first-order valence-electron chi connectivity index (χ1n) is 27.8. The zero-order valence-corrected chi connectivity index (χ0v) is 61.7. The van der Waals surface area contributed by atoms with E-state index in [1.54, 1.807) is 56.3 Å². The van der Waals surface area contributed by atoms with Gasteiger partial charge >= 0.3 is 272 Å². The van der Waals surface area contributed by atoms with Gasteiger partial charge in [0.05, 0.1) is 32.8 Å². The molecule has 0 bridgehead atoms. The standard InChI is InChI=1S/C20H11N5O2S.C15H9BrN2O2S.C15H9N2O2S.3C4H9.3HI.Sn.V/c21-9-15-18(24-6-5-22-15)14-8-13-16(10-27-17-2-1-4-23-19(13)17)25(20(14)26)12-3-7-28-11-12;16-11-6-10-12(7-20-13-2-1-4-17-14(10)13)18(15(11)19)9-3-5-21-8-9;18-14-4-3-11-12(17(14)10-5-7-20-9-10)8-19-13-2-1-6-16-15(11)13;3*1-3-4-2;;;;;/h1-8,11H,10H2;1-6,8H,7H2;1-3,5-7,9H,8H2;3*1,3-4H2,2H3;3*1H;;/q;;;;;;;;;;+3/p-3. The summed E-state index contributed by atoms with van der Waals surface area (Å²) >= 11 is 12.5. The van der Waals surface area contributed by atoms with Gasteiger partial charge in [0.15, 0.2) is 5.69 Å². The van der Waals surface area contributed by atoms with Gasteiger partial charge in [0.1, 0.15) is 47.9 Å². The SMILES string of the molecule is CCC[CH2][Sn]([CH2]CCC)([CH2]CCC)[c]1cc2c(n(-c3ccsc3)c1=O)COc1cccnc1-2.N#Cc1nccnc1-c1cc2c(n(-c3ccsc3)c1=O)COc1cccnc1-2.O=c1c(Br)cc2c(n1-c1ccsc1)COc1cccnc1-2.[I][V]([I])[I]. The van der Waals surface area contributed by atoms with Crippen molar-refractivity contribution in [3.8, 4) is 85.4 Å². The summed E-state index contributed by atoms with van der Waals surface area (Å²) in [6.07, 6.45) is 15.4. The fraction of sp³-hybridized carbons (Fsp3) is 0.242. The van der Waals surface area contributed by atoms with Crippen LogP contribution in [0.4, 0.5) is 0 Å². The van der Waals surface area contributed by atoms with Crippen LogP contribution in [0.15, 0.2) is 155 Å². The van der Waals surface area contributed by atoms with Crippen molar-refractivity contribution in [1.82, 2.24) is 38.6 Å². The Kier molecular flexibility index (Phi) is 22.7. The van der Waals surface area contributed by atoms with E-state index in [4.69, 9.17) is 19.2 Å². The van der Waals surface area contributed by atoms with E-state index >= 15 is 0 Å². The number of nitriles is 1. The second-order valence-electron chi connectivity index (χ2n) is 20.1. The first-order chi connectivity index (χ1) is 41.9. The summed E-state index contributed by atoms with van der Waals surface area (Å²) < 4.78 is 28.4. The van der Waals surface area contributed by atoms with Crippen LogP contribution >= 0.6 is 110 Å². The van der Waals surface area contributed by atoms with E-state index in [0.717, 1.165) is 68.0 Å². The molecule has 0 atom stereocenters. The molecule has 0 fully saturated rings. The number of nitrogens with zero attached hydrogens (tertiary/aromatic N) is 9. The minimum absolute atomic E-state index is 0.0878. The number of hydrogen-bond donors (Lipinski definition) is 0. The second kappa shape index (κ2) is 30.3. The molecule has 440 valence electrons. The number of ether oxygens (including phenoxy) is 3. The van der Waals surface area contributed by atoms with Crippen molar-refractivity contribution in [2.45, 2.75) is 92.4 Å². The van der Waals surface area contributed by atoms with E-state index < -0.39 is 18.4 Å². The summed E-state index contributed by atoms with van der Waals surface area (Å²) in [6, 6.07) is 25.0. The van der Waals surface area contributed by atoms with Crippen LogP contribution in [-0.4, -0.2) is 57.0 Å². The average Bonchev–Trinajstić information content (AvgIpc) is 1.05. The maximum absolute atomic E-state index is 14.3. The Morgan fingerprint density at radius 3 is 1.36 bits per heavy atom. The van der Waals surface area contributed by atoms with Crippen molar-refractivity contribution in [2.24, 2.45) is 0 Å². The summed E-state index contributed by atoms with van der Waals surface area (Å²) in [6.45, 7) is 7.84. The van der Waals surface area contributed by atoms with Gasteiger partial charge < -0.3 is 9.47 Å². The summed E-state index contributed by atoms with van der Waals surface area (Å²) in [7, 11) is 0. The number of halogens is 4. The van der Waals surface area contributed by atoms with Crippen LogP contribution in [0.1, 0.15) is 82.1 Å². The predicted octanol–water partition coefficient (Wildman–Crippen LogP) is 16.4. The van der Waals surface area contributed by atoms with E-state index in [1.165, 1.54) is 79.1 Å². The van der Waals surface area contributed by atoms with Crippen LogP contribution in [0.3, 0.4) is 0 Å². The van der Waals surface area contributed by atoms with E-state index in [9.17, 15) is 19.6 Å². The number of aromatic nitrogens is 8. The number of hydrogen-bond acceptors (Lipinski definition) is 15. The molecule has 0 aliphatic carbocycles. The van der Waals surface area contributed by atoms with Gasteiger partial charge in [-0.1, -0.05) is 0 Å². The summed E-state index contributed by atoms with van der Waals surface area (Å²) in [4.78, 5) is 61.9. The fourth-order valence-corrected chi connectivity index (χ4v) is 29.4. The molecule has 0 saturated carbocycles. The van der Waals surface area contributed by atoms with Gasteiger partial charge in [-0.3, -0.25) is 33.7 Å². The van der Waals surface area contributed by atoms with E-state index in [1.807, 2.05) is 86.9 Å². The Morgan fingerprint density at radius 1 is 0.547 bits per heavy atom. The molecule has 0 amide bonds. The molecule has 0 N–H and O–H groups in total. The Bertz CT molecular complexity index is 4220. The first kappa shape index (κ1) is 64.4. The molecule has 0 radical (unpaired) electrons. The third kappa shape index (κ3) is 14.1. The van der Waals surface area contributed by atoms with Crippen molar-refractivity contribution in [3.05, 3.63) is 194 Å². The molecule has 10 aromatic heterocycles. The monoisotopic (exact) mass is 1750 g/mol. The van der Waals surface area contributed by atoms with E-state index in [-0.39, 0.29) is 39.6 Å². The van der Waals surface area contributed by atoms with Crippen LogP contribution in [0.5, 0.6) is 17.2 Å². The van der Waals surface area contributed by atoms with E-state index in [0.29, 0.717) is 40.4 Å². The first-order valence-corrected chi connectivity index (χ1v) is 52.4. The summed E-state index contributed by atoms with van der Waals surface area (Å²) in [5.74, 6) is 2.21. The quantitative estimate of drug-likeness (QED) is 0.0743. The van der Waals surface area contributed by atoms with Gasteiger partial charge in [-0.25, -0.2) is 4.98 Å². The van der Waals surface area contributed by atoms with Gasteiger partial charge in [0.25, 0.3) is 11.1 Å². The number of fused-ring (bicyclic) bond motifs is 9. The van der Waals surface area contributed by atoms with Crippen LogP contribution in [0.25, 0.3) is 62.1 Å². The third-order valence-corrected chi connectivity index (χ3v) is 33.1. The molecule has 0 spiro atoms. The van der Waals surface area contributed by atoms with Gasteiger partial charge in [0.2, 0.25) is 0 Å². The number of rotatable bonds is 14. The van der Waals surface area contributed by atoms with Crippen molar-refractivity contribution < 1.29 is 19.1 Å². The zero-order valence-electron chi connectivity index (χ0n) is 46.9. The molecule has 0 unspecified atom stereocenters. The molecule has 3 aliphatic rings. The van der Waals surface area contributed by atoms with Crippen molar-refractivity contribution in [1.29, 1.82) is 5.26 Å². The van der Waals surface area contributed by atoms with Crippen LogP contribution < -0.4 is 34.5 Å². The second-order valence-corrected chi connectivity index (χ2v) is 71.8. The molecular formula is C62H56BrI3N9O6S3SnV. The number of unbranched alkanes of at least 4 members (excludes halogenated alkanes) is 3. The van der Waals surface area contributed by atoms with Crippen molar-refractivity contribution in [3.63, 3.8) is 0 Å². The zero-order chi connectivity index (χ0) is 60.3. The van der Waals surface area contributed by atoms with Gasteiger partial charge in [-0.15, -0.1) is 0 Å². The average molecular weight is 1750 g/mol. The molecule has 0 aromatic carbocycles. The topological polar surface area (TPSA) is 182 Å². The molecule has 0 saturated heterocycles. The molecule has 13 heterocycles. The summed E-state index contributed by atoms with van der Waals surface area (Å²) in [5.41, 5.74) is 10.6. The molecular weight excluding hydrogens is 1690 g/mol. The Balaban J connectivity index is 0.000000141. The Labute approximate surface area is 560 Å². The third-order valence-electron chi connectivity index (χ3n) is 15.0. The van der Waals surface area contributed by atoms with Crippen LogP contribution in [0.2, 0.25) is 13.3 Å². The van der Waals surface area contributed by atoms with Crippen molar-refractivity contribution >= 4 is 132 Å². The van der Waals surface area contributed by atoms with Crippen LogP contribution in [0, 0.1) is 11.3 Å². The Hall–Kier alpha value is -4.58.